The predicted molar refractivity (Wildman–Crippen MR) is 117 cm³/mol. The highest BCUT2D eigenvalue weighted by atomic mass is 19.4. The van der Waals surface area contributed by atoms with Gasteiger partial charge < -0.3 is 20.1 Å². The monoisotopic (exact) mass is 516 g/mol. The second-order valence-corrected chi connectivity index (χ2v) is 9.73. The molecule has 0 aromatic heterocycles. The van der Waals surface area contributed by atoms with Crippen molar-refractivity contribution in [2.45, 2.75) is 37.0 Å². The lowest BCUT2D eigenvalue weighted by atomic mass is 9.65. The first-order chi connectivity index (χ1) is 16.8. The van der Waals surface area contributed by atoms with Crippen molar-refractivity contribution in [3.8, 4) is 0 Å². The minimum absolute atomic E-state index is 0.0802. The van der Waals surface area contributed by atoms with Gasteiger partial charge in [0, 0.05) is 31.5 Å². The van der Waals surface area contributed by atoms with Crippen molar-refractivity contribution < 1.29 is 41.0 Å². The molecule has 2 heterocycles. The largest absolute Gasteiger partial charge is 0.416 e. The average Bonchev–Trinajstić information content (AvgIpc) is 3.27. The Kier molecular flexibility index (Phi) is 6.87. The van der Waals surface area contributed by atoms with E-state index in [4.69, 9.17) is 4.74 Å². The molecule has 0 radical (unpaired) electrons. The smallest absolute Gasteiger partial charge is 0.388 e. The SMILES string of the molecule is C[C@]1(O)CN[C@](COCc2cc(C(F)(F)F)cc(C(F)(F)F)c2)(c2ccccc2)[C@@H]2CN(C=O)C[C@@H]21. The molecule has 0 unspecified atom stereocenters. The first-order valence-electron chi connectivity index (χ1n) is 11.3. The summed E-state index contributed by atoms with van der Waals surface area (Å²) in [6.07, 6.45) is -9.20. The lowest BCUT2D eigenvalue weighted by Gasteiger charge is -2.51. The van der Waals surface area contributed by atoms with Crippen LogP contribution < -0.4 is 5.32 Å². The molecule has 2 aliphatic rings. The molecule has 0 saturated carbocycles. The quantitative estimate of drug-likeness (QED) is 0.447. The Hall–Kier alpha value is -2.63. The summed E-state index contributed by atoms with van der Waals surface area (Å²) >= 11 is 0. The molecule has 2 aromatic carbocycles. The zero-order chi connectivity index (χ0) is 26.4. The Morgan fingerprint density at radius 1 is 1.03 bits per heavy atom. The maximum Gasteiger partial charge on any atom is 0.416 e. The summed E-state index contributed by atoms with van der Waals surface area (Å²) in [6, 6.07) is 10.5. The molecule has 196 valence electrons. The molecule has 36 heavy (non-hydrogen) atoms. The number of rotatable bonds is 6. The number of likely N-dealkylation sites (tertiary alicyclic amines) is 1. The predicted octanol–water partition coefficient (Wildman–Crippen LogP) is 4.19. The van der Waals surface area contributed by atoms with E-state index in [2.05, 4.69) is 5.32 Å². The Bertz CT molecular complexity index is 1060. The summed E-state index contributed by atoms with van der Waals surface area (Å²) in [5, 5.41) is 14.3. The molecule has 11 heteroatoms. The van der Waals surface area contributed by atoms with Gasteiger partial charge in [0.1, 0.15) is 0 Å². The Labute approximate surface area is 204 Å². The van der Waals surface area contributed by atoms with E-state index >= 15 is 0 Å². The van der Waals surface area contributed by atoms with Crippen LogP contribution in [0.4, 0.5) is 26.3 Å². The first-order valence-corrected chi connectivity index (χ1v) is 11.3. The molecule has 2 fully saturated rings. The van der Waals surface area contributed by atoms with Gasteiger partial charge in [0.05, 0.1) is 35.5 Å². The van der Waals surface area contributed by atoms with Crippen LogP contribution >= 0.6 is 0 Å². The summed E-state index contributed by atoms with van der Waals surface area (Å²) in [4.78, 5) is 13.1. The summed E-state index contributed by atoms with van der Waals surface area (Å²) in [6.45, 7) is 1.86. The van der Waals surface area contributed by atoms with Crippen molar-refractivity contribution in [3.05, 3.63) is 70.8 Å². The molecule has 2 aliphatic heterocycles. The highest BCUT2D eigenvalue weighted by Crippen LogP contribution is 2.47. The van der Waals surface area contributed by atoms with E-state index < -0.39 is 41.2 Å². The van der Waals surface area contributed by atoms with Gasteiger partial charge in [0.25, 0.3) is 0 Å². The van der Waals surface area contributed by atoms with Gasteiger partial charge in [-0.05, 0) is 36.2 Å². The Morgan fingerprint density at radius 3 is 2.17 bits per heavy atom. The van der Waals surface area contributed by atoms with Crippen LogP contribution in [0.3, 0.4) is 0 Å². The van der Waals surface area contributed by atoms with E-state index in [0.717, 1.165) is 5.56 Å². The number of nitrogens with one attached hydrogen (secondary N) is 1. The van der Waals surface area contributed by atoms with E-state index in [0.29, 0.717) is 31.6 Å². The van der Waals surface area contributed by atoms with E-state index in [1.165, 1.54) is 0 Å². The fraction of sp³-hybridized carbons (Fsp3) is 0.480. The number of halogens is 6. The molecule has 0 aliphatic carbocycles. The highest BCUT2D eigenvalue weighted by Gasteiger charge is 2.57. The van der Waals surface area contributed by atoms with Crippen molar-refractivity contribution >= 4 is 6.41 Å². The zero-order valence-corrected chi connectivity index (χ0v) is 19.4. The molecule has 1 amide bonds. The molecule has 0 spiro atoms. The number of amides is 1. The molecular formula is C25H26F6N2O3. The minimum atomic E-state index is -4.95. The number of carbonyl (C=O) groups excluding carboxylic acids is 1. The van der Waals surface area contributed by atoms with Gasteiger partial charge in [-0.3, -0.25) is 4.79 Å². The molecule has 4 rings (SSSR count). The van der Waals surface area contributed by atoms with Gasteiger partial charge in [-0.1, -0.05) is 30.3 Å². The fourth-order valence-electron chi connectivity index (χ4n) is 5.37. The van der Waals surface area contributed by atoms with E-state index in [9.17, 15) is 36.2 Å². The van der Waals surface area contributed by atoms with E-state index in [1.54, 1.807) is 24.0 Å². The van der Waals surface area contributed by atoms with Crippen LogP contribution in [-0.2, 0) is 34.0 Å². The van der Waals surface area contributed by atoms with Crippen molar-refractivity contribution in [1.29, 1.82) is 0 Å². The average molecular weight is 516 g/mol. The highest BCUT2D eigenvalue weighted by molar-refractivity contribution is 5.48. The second-order valence-electron chi connectivity index (χ2n) is 9.73. The van der Waals surface area contributed by atoms with Crippen molar-refractivity contribution in [2.75, 3.05) is 26.2 Å². The summed E-state index contributed by atoms with van der Waals surface area (Å²) in [7, 11) is 0. The van der Waals surface area contributed by atoms with Crippen LogP contribution in [-0.4, -0.2) is 48.3 Å². The zero-order valence-electron chi connectivity index (χ0n) is 19.4. The fourth-order valence-corrected chi connectivity index (χ4v) is 5.37. The number of ether oxygens (including phenoxy) is 1. The van der Waals surface area contributed by atoms with Crippen LogP contribution in [0.15, 0.2) is 48.5 Å². The third-order valence-corrected chi connectivity index (χ3v) is 7.23. The Morgan fingerprint density at radius 2 is 1.61 bits per heavy atom. The number of hydrogen-bond donors (Lipinski definition) is 2. The summed E-state index contributed by atoms with van der Waals surface area (Å²) in [5.41, 5.74) is -4.36. The number of carbonyl (C=O) groups is 1. The van der Waals surface area contributed by atoms with Crippen LogP contribution in [0.1, 0.15) is 29.2 Å². The van der Waals surface area contributed by atoms with Crippen LogP contribution in [0.5, 0.6) is 0 Å². The molecule has 2 N–H and O–H groups in total. The number of fused-ring (bicyclic) bond motifs is 1. The maximum atomic E-state index is 13.2. The standard InChI is InChI=1S/C25H26F6N2O3/c1-22(35)13-32-23(17-5-3-2-4-6-17,21-11-33(15-34)10-20(21)22)14-36-12-16-7-18(24(26,27)28)9-19(8-16)25(29,30)31/h2-9,15,20-21,32,35H,10-14H2,1H3/t20-,21+,22-,23+/m0/s1. The molecule has 5 nitrogen and oxygen atoms in total. The first kappa shape index (κ1) is 26.4. The van der Waals surface area contributed by atoms with Gasteiger partial charge in [-0.15, -0.1) is 0 Å². The third kappa shape index (κ3) is 5.09. The number of piperidine rings is 1. The molecule has 2 saturated heterocycles. The van der Waals surface area contributed by atoms with Crippen molar-refractivity contribution in [3.63, 3.8) is 0 Å². The third-order valence-electron chi connectivity index (χ3n) is 7.23. The number of nitrogens with zero attached hydrogens (tertiary/aromatic N) is 1. The molecule has 0 bridgehead atoms. The normalized spacial score (nSPS) is 28.7. The van der Waals surface area contributed by atoms with Gasteiger partial charge >= 0.3 is 12.4 Å². The molecular weight excluding hydrogens is 490 g/mol. The van der Waals surface area contributed by atoms with E-state index in [1.807, 2.05) is 18.2 Å². The summed E-state index contributed by atoms with van der Waals surface area (Å²) in [5.74, 6) is -0.640. The van der Waals surface area contributed by atoms with Gasteiger partial charge in [0.2, 0.25) is 6.41 Å². The van der Waals surface area contributed by atoms with Gasteiger partial charge in [-0.25, -0.2) is 0 Å². The topological polar surface area (TPSA) is 61.8 Å². The molecule has 4 atom stereocenters. The van der Waals surface area contributed by atoms with Crippen LogP contribution in [0.2, 0.25) is 0 Å². The number of alkyl halides is 6. The van der Waals surface area contributed by atoms with Crippen LogP contribution in [0, 0.1) is 11.8 Å². The van der Waals surface area contributed by atoms with Crippen molar-refractivity contribution in [2.24, 2.45) is 11.8 Å². The van der Waals surface area contributed by atoms with Crippen molar-refractivity contribution in [1.82, 2.24) is 10.2 Å². The summed E-state index contributed by atoms with van der Waals surface area (Å²) < 4.78 is 85.3. The van der Waals surface area contributed by atoms with Gasteiger partial charge in [-0.2, -0.15) is 26.3 Å². The Balaban J connectivity index is 1.65. The van der Waals surface area contributed by atoms with E-state index in [-0.39, 0.29) is 36.6 Å². The number of β-amino-alcohol motifs (C(OH)–C–C–N with tert-alkyl or cyclic N) is 1. The van der Waals surface area contributed by atoms with Crippen LogP contribution in [0.25, 0.3) is 0 Å². The lowest BCUT2D eigenvalue weighted by Crippen LogP contribution is -2.66. The number of benzene rings is 2. The lowest BCUT2D eigenvalue weighted by molar-refractivity contribution is -0.143. The molecule has 2 aromatic rings. The maximum absolute atomic E-state index is 13.2. The van der Waals surface area contributed by atoms with Gasteiger partial charge in [0.15, 0.2) is 0 Å². The minimum Gasteiger partial charge on any atom is -0.388 e. The number of aliphatic hydroxyl groups is 1. The number of hydrogen-bond acceptors (Lipinski definition) is 4. The second kappa shape index (κ2) is 9.35.